The number of aromatic hydroxyl groups is 1. The number of nitrogens with one attached hydrogen (secondary N) is 1. The van der Waals surface area contributed by atoms with Crippen molar-refractivity contribution in [1.29, 1.82) is 0 Å². The summed E-state index contributed by atoms with van der Waals surface area (Å²) in [7, 11) is 0. The van der Waals surface area contributed by atoms with E-state index in [1.807, 2.05) is 48.5 Å². The maximum Gasteiger partial charge on any atom is 0.283 e. The summed E-state index contributed by atoms with van der Waals surface area (Å²) in [6.45, 7) is 0.131. The molecule has 0 saturated carbocycles. The van der Waals surface area contributed by atoms with Crippen molar-refractivity contribution < 1.29 is 14.7 Å². The molecule has 0 aliphatic rings. The molecule has 4 rings (SSSR count). The molecule has 1 aromatic heterocycles. The van der Waals surface area contributed by atoms with Gasteiger partial charge in [-0.2, -0.15) is 0 Å². The Morgan fingerprint density at radius 3 is 2.38 bits per heavy atom. The first-order chi connectivity index (χ1) is 15.5. The number of hydrogen-bond donors (Lipinski definition) is 2. The van der Waals surface area contributed by atoms with E-state index in [2.05, 4.69) is 31.5 Å². The van der Waals surface area contributed by atoms with Crippen molar-refractivity contribution in [2.24, 2.45) is 10.2 Å². The zero-order valence-electron chi connectivity index (χ0n) is 16.9. The van der Waals surface area contributed by atoms with Gasteiger partial charge in [0.15, 0.2) is 5.69 Å². The van der Waals surface area contributed by atoms with Crippen molar-refractivity contribution in [3.05, 3.63) is 94.5 Å². The largest absolute Gasteiger partial charge is 0.493 e. The summed E-state index contributed by atoms with van der Waals surface area (Å²) in [5, 5.41) is 21.7. The molecule has 3 aromatic carbocycles. The Labute approximate surface area is 192 Å². The average molecular weight is 491 g/mol. The predicted molar refractivity (Wildman–Crippen MR) is 125 cm³/mol. The van der Waals surface area contributed by atoms with Crippen LogP contribution in [0.5, 0.6) is 5.88 Å². The van der Waals surface area contributed by atoms with Gasteiger partial charge in [0.05, 0.1) is 12.1 Å². The first-order valence-electron chi connectivity index (χ1n) is 9.85. The van der Waals surface area contributed by atoms with Crippen LogP contribution in [0, 0.1) is 0 Å². The third-order valence-corrected chi connectivity index (χ3v) is 5.35. The Hall–Kier alpha value is -3.78. The molecule has 32 heavy (non-hydrogen) atoms. The van der Waals surface area contributed by atoms with Gasteiger partial charge < -0.3 is 15.0 Å². The van der Waals surface area contributed by atoms with Crippen LogP contribution in [0.1, 0.15) is 15.9 Å². The SMILES string of the molecule is O=C(CNC(=O)c1ccccc1)N=Nc1c(O)n(Cc2ccccc2)c2ccc(Br)cc12. The zero-order valence-corrected chi connectivity index (χ0v) is 18.5. The van der Waals surface area contributed by atoms with Crippen LogP contribution in [-0.2, 0) is 11.3 Å². The minimum Gasteiger partial charge on any atom is -0.493 e. The van der Waals surface area contributed by atoms with Crippen LogP contribution in [0.3, 0.4) is 0 Å². The summed E-state index contributed by atoms with van der Waals surface area (Å²) in [6.07, 6.45) is 0. The van der Waals surface area contributed by atoms with E-state index in [9.17, 15) is 14.7 Å². The van der Waals surface area contributed by atoms with E-state index in [4.69, 9.17) is 0 Å². The lowest BCUT2D eigenvalue weighted by atomic mass is 10.2. The number of azo groups is 1. The van der Waals surface area contributed by atoms with Crippen LogP contribution in [0.15, 0.2) is 93.6 Å². The third kappa shape index (κ3) is 4.76. The van der Waals surface area contributed by atoms with Gasteiger partial charge in [0.1, 0.15) is 6.54 Å². The quantitative estimate of drug-likeness (QED) is 0.363. The smallest absolute Gasteiger partial charge is 0.283 e. The minimum absolute atomic E-state index is 0.0909. The van der Waals surface area contributed by atoms with Crippen LogP contribution in [0.4, 0.5) is 5.69 Å². The molecule has 0 spiro atoms. The molecule has 0 fully saturated rings. The second-order valence-corrected chi connectivity index (χ2v) is 7.96. The fourth-order valence-corrected chi connectivity index (χ4v) is 3.67. The third-order valence-electron chi connectivity index (χ3n) is 4.85. The van der Waals surface area contributed by atoms with E-state index in [1.165, 1.54) is 0 Å². The molecule has 7 nitrogen and oxygen atoms in total. The number of benzene rings is 3. The number of rotatable bonds is 6. The first-order valence-corrected chi connectivity index (χ1v) is 10.6. The topological polar surface area (TPSA) is 96.1 Å². The molecule has 0 atom stereocenters. The highest BCUT2D eigenvalue weighted by molar-refractivity contribution is 9.10. The van der Waals surface area contributed by atoms with Crippen LogP contribution in [-0.4, -0.2) is 28.0 Å². The van der Waals surface area contributed by atoms with Gasteiger partial charge >= 0.3 is 0 Å². The standard InChI is InChI=1S/C24H19BrN4O3/c25-18-11-12-20-19(13-18)22(24(32)29(20)15-16-7-3-1-4-8-16)28-27-21(30)14-26-23(31)17-9-5-2-6-10-17/h1-13,32H,14-15H2,(H,26,31). The van der Waals surface area contributed by atoms with E-state index in [0.29, 0.717) is 17.5 Å². The van der Waals surface area contributed by atoms with Crippen LogP contribution >= 0.6 is 15.9 Å². The Morgan fingerprint density at radius 1 is 0.969 bits per heavy atom. The lowest BCUT2D eigenvalue weighted by Gasteiger charge is -2.07. The number of aromatic nitrogens is 1. The van der Waals surface area contributed by atoms with Gasteiger partial charge in [0, 0.05) is 15.4 Å². The summed E-state index contributed by atoms with van der Waals surface area (Å²) in [5.74, 6) is -1.10. The van der Waals surface area contributed by atoms with Crippen molar-refractivity contribution >= 4 is 44.3 Å². The highest BCUT2D eigenvalue weighted by atomic mass is 79.9. The zero-order chi connectivity index (χ0) is 22.5. The Bertz CT molecular complexity index is 1300. The maximum atomic E-state index is 12.2. The normalized spacial score (nSPS) is 11.2. The summed E-state index contributed by atoms with van der Waals surface area (Å²) in [6, 6.07) is 23.8. The number of amides is 2. The number of halogens is 1. The van der Waals surface area contributed by atoms with Gasteiger partial charge in [-0.05, 0) is 35.9 Å². The Balaban J connectivity index is 1.56. The Kier molecular flexibility index (Phi) is 6.42. The van der Waals surface area contributed by atoms with E-state index >= 15 is 0 Å². The molecule has 0 aliphatic heterocycles. The average Bonchev–Trinajstić information content (AvgIpc) is 3.07. The molecule has 0 aliphatic carbocycles. The molecule has 0 saturated heterocycles. The molecular formula is C24H19BrN4O3. The monoisotopic (exact) mass is 490 g/mol. The van der Waals surface area contributed by atoms with Gasteiger partial charge in [-0.1, -0.05) is 64.5 Å². The van der Waals surface area contributed by atoms with Crippen LogP contribution in [0.25, 0.3) is 10.9 Å². The minimum atomic E-state index is -0.632. The van der Waals surface area contributed by atoms with Crippen molar-refractivity contribution in [3.63, 3.8) is 0 Å². The number of nitrogens with zero attached hydrogens (tertiary/aromatic N) is 3. The molecular weight excluding hydrogens is 472 g/mol. The number of hydrogen-bond acceptors (Lipinski definition) is 4. The molecule has 0 radical (unpaired) electrons. The lowest BCUT2D eigenvalue weighted by molar-refractivity contribution is -0.117. The van der Waals surface area contributed by atoms with E-state index < -0.39 is 5.91 Å². The summed E-state index contributed by atoms with van der Waals surface area (Å²) >= 11 is 3.43. The molecule has 0 bridgehead atoms. The summed E-state index contributed by atoms with van der Waals surface area (Å²) in [4.78, 5) is 24.3. The molecule has 160 valence electrons. The summed E-state index contributed by atoms with van der Waals surface area (Å²) < 4.78 is 2.52. The molecule has 2 amide bonds. The van der Waals surface area contributed by atoms with Crippen LogP contribution < -0.4 is 5.32 Å². The molecule has 0 unspecified atom stereocenters. The van der Waals surface area contributed by atoms with E-state index in [1.54, 1.807) is 34.9 Å². The van der Waals surface area contributed by atoms with Crippen molar-refractivity contribution in [3.8, 4) is 5.88 Å². The highest BCUT2D eigenvalue weighted by Crippen LogP contribution is 2.40. The second kappa shape index (κ2) is 9.57. The highest BCUT2D eigenvalue weighted by Gasteiger charge is 2.18. The molecule has 1 heterocycles. The van der Waals surface area contributed by atoms with E-state index in [0.717, 1.165) is 15.6 Å². The summed E-state index contributed by atoms with van der Waals surface area (Å²) in [5.41, 5.74) is 2.41. The van der Waals surface area contributed by atoms with Crippen molar-refractivity contribution in [2.45, 2.75) is 6.54 Å². The number of carbonyl (C=O) groups is 2. The predicted octanol–water partition coefficient (Wildman–Crippen LogP) is 5.20. The first kappa shape index (κ1) is 21.5. The van der Waals surface area contributed by atoms with Gasteiger partial charge in [0.2, 0.25) is 5.88 Å². The van der Waals surface area contributed by atoms with Gasteiger partial charge in [-0.3, -0.25) is 9.59 Å². The molecule has 8 heteroatoms. The van der Waals surface area contributed by atoms with Gasteiger partial charge in [0.25, 0.3) is 11.8 Å². The second-order valence-electron chi connectivity index (χ2n) is 7.05. The fraction of sp³-hybridized carbons (Fsp3) is 0.0833. The fourth-order valence-electron chi connectivity index (χ4n) is 3.31. The Morgan fingerprint density at radius 2 is 1.66 bits per heavy atom. The molecule has 2 N–H and O–H groups in total. The van der Waals surface area contributed by atoms with Crippen LogP contribution in [0.2, 0.25) is 0 Å². The van der Waals surface area contributed by atoms with Crippen molar-refractivity contribution in [1.82, 2.24) is 9.88 Å². The van der Waals surface area contributed by atoms with E-state index in [-0.39, 0.29) is 24.0 Å². The van der Waals surface area contributed by atoms with Gasteiger partial charge in [-0.15, -0.1) is 10.2 Å². The maximum absolute atomic E-state index is 12.2. The molecule has 4 aromatic rings. The van der Waals surface area contributed by atoms with Crippen molar-refractivity contribution in [2.75, 3.05) is 6.54 Å². The van der Waals surface area contributed by atoms with Gasteiger partial charge in [-0.25, -0.2) is 0 Å². The number of fused-ring (bicyclic) bond motifs is 1. The number of carbonyl (C=O) groups excluding carboxylic acids is 2. The lowest BCUT2D eigenvalue weighted by Crippen LogP contribution is -2.28.